The largest absolute Gasteiger partial charge is 0.460 e. The van der Waals surface area contributed by atoms with Crippen molar-refractivity contribution in [1.29, 1.82) is 0 Å². The van der Waals surface area contributed by atoms with Crippen LogP contribution in [-0.2, 0) is 32.5 Å². The minimum atomic E-state index is -6.47. The normalized spacial score (nSPS) is 18.4. The molecule has 0 spiro atoms. The van der Waals surface area contributed by atoms with E-state index in [0.717, 1.165) is 11.1 Å². The molecule has 1 aliphatic rings. The van der Waals surface area contributed by atoms with Crippen LogP contribution in [0.25, 0.3) is 0 Å². The summed E-state index contributed by atoms with van der Waals surface area (Å²) in [6, 6.07) is 7.94. The number of benzene rings is 2. The first-order valence-corrected chi connectivity index (χ1v) is 21.7. The van der Waals surface area contributed by atoms with E-state index in [9.17, 15) is 13.2 Å². The molecule has 0 radical (unpaired) electrons. The average molecular weight is 803 g/mol. The Morgan fingerprint density at radius 1 is 0.370 bits per heavy atom. The van der Waals surface area contributed by atoms with Crippen LogP contribution in [0.2, 0.25) is 0 Å². The van der Waals surface area contributed by atoms with Gasteiger partial charge in [-0.1, -0.05) is 170 Å². The summed E-state index contributed by atoms with van der Waals surface area (Å²) in [5.74, 6) is -6.29. The van der Waals surface area contributed by atoms with Gasteiger partial charge in [0.2, 0.25) is 0 Å². The van der Waals surface area contributed by atoms with Crippen molar-refractivity contribution in [1.82, 2.24) is 0 Å². The van der Waals surface area contributed by atoms with E-state index in [0.29, 0.717) is 33.4 Å². The van der Waals surface area contributed by atoms with E-state index in [1.165, 1.54) is 0 Å². The van der Waals surface area contributed by atoms with E-state index in [1.54, 1.807) is 0 Å². The van der Waals surface area contributed by atoms with Gasteiger partial charge in [0.15, 0.2) is 0 Å². The van der Waals surface area contributed by atoms with Crippen LogP contribution in [0.5, 0.6) is 0 Å². The molecule has 2 aromatic rings. The van der Waals surface area contributed by atoms with Gasteiger partial charge >= 0.3 is 17.8 Å². The zero-order chi connectivity index (χ0) is 42.8. The van der Waals surface area contributed by atoms with Crippen LogP contribution in [0.3, 0.4) is 0 Å². The van der Waals surface area contributed by atoms with E-state index in [1.807, 2.05) is 128 Å². The Bertz CT molecular complexity index is 1690. The second-order valence-electron chi connectivity index (χ2n) is 22.5. The standard InChI is InChI=1S/C45H67F7P2/c1-36(2,3)26-22-28(38(7,8)9)32(29(23-26)39(10,11)12)34-53(42(19,20)21)35(54(34)45(51,52)43(46,47)44(48,49)50)33-30(40(13,14)15)24-27(37(4,5)6)25-31(33)41(16,17)18/h22-25H,1-21H3. The molecule has 0 saturated heterocycles. The van der Waals surface area contributed by atoms with E-state index in [2.05, 4.69) is 41.5 Å². The Morgan fingerprint density at radius 3 is 0.778 bits per heavy atom. The Kier molecular flexibility index (Phi) is 11.7. The van der Waals surface area contributed by atoms with Crippen molar-refractivity contribution in [3.05, 3.63) is 68.8 Å². The van der Waals surface area contributed by atoms with E-state index in [4.69, 9.17) is 0 Å². The predicted octanol–water partition coefficient (Wildman–Crippen LogP) is 15.7. The van der Waals surface area contributed by atoms with Gasteiger partial charge in [0.25, 0.3) is 0 Å². The van der Waals surface area contributed by atoms with Crippen molar-refractivity contribution < 1.29 is 30.7 Å². The summed E-state index contributed by atoms with van der Waals surface area (Å²) in [6.45, 7) is 41.6. The summed E-state index contributed by atoms with van der Waals surface area (Å²) < 4.78 is 110. The first-order chi connectivity index (χ1) is 23.4. The summed E-state index contributed by atoms with van der Waals surface area (Å²) in [7, 11) is -5.40. The molecule has 0 atom stereocenters. The molecule has 0 aliphatic carbocycles. The predicted molar refractivity (Wildman–Crippen MR) is 223 cm³/mol. The van der Waals surface area contributed by atoms with Crippen molar-refractivity contribution in [2.45, 2.75) is 201 Å². The molecular formula is C45H67F7P2. The smallest absolute Gasteiger partial charge is 0.194 e. The molecule has 0 fully saturated rings. The zero-order valence-electron chi connectivity index (χ0n) is 36.8. The van der Waals surface area contributed by atoms with E-state index < -0.39 is 59.7 Å². The Hall–Kier alpha value is -1.58. The second kappa shape index (κ2) is 13.5. The lowest BCUT2D eigenvalue weighted by molar-refractivity contribution is -0.331. The van der Waals surface area contributed by atoms with Crippen molar-refractivity contribution in [2.75, 3.05) is 0 Å². The molecule has 1 aliphatic heterocycles. The number of alkyl halides is 7. The third kappa shape index (κ3) is 8.49. The molecule has 0 unspecified atom stereocenters. The van der Waals surface area contributed by atoms with Gasteiger partial charge in [0.05, 0.1) is 0 Å². The van der Waals surface area contributed by atoms with Crippen LogP contribution in [0, 0.1) is 0 Å². The number of hydrogen-bond donors (Lipinski definition) is 0. The maximum atomic E-state index is 17.4. The van der Waals surface area contributed by atoms with E-state index >= 15 is 17.6 Å². The maximum absolute atomic E-state index is 17.4. The average Bonchev–Trinajstić information content (AvgIpc) is 2.87. The van der Waals surface area contributed by atoms with Crippen LogP contribution in [0.4, 0.5) is 30.7 Å². The van der Waals surface area contributed by atoms with Gasteiger partial charge in [-0.25, -0.2) is 0 Å². The Morgan fingerprint density at radius 2 is 0.611 bits per heavy atom. The number of rotatable bonds is 4. The molecular weight excluding hydrogens is 735 g/mol. The molecule has 306 valence electrons. The third-order valence-electron chi connectivity index (χ3n) is 10.2. The highest BCUT2D eigenvalue weighted by Gasteiger charge is 2.77. The first kappa shape index (κ1) is 46.8. The summed E-state index contributed by atoms with van der Waals surface area (Å²) in [5, 5.41) is -0.597. The van der Waals surface area contributed by atoms with Gasteiger partial charge in [0.1, 0.15) is 0 Å². The molecule has 0 nitrogen and oxygen atoms in total. The lowest BCUT2D eigenvalue weighted by atomic mass is 9.72. The first-order valence-electron chi connectivity index (χ1n) is 19.0. The molecule has 54 heavy (non-hydrogen) atoms. The van der Waals surface area contributed by atoms with Crippen LogP contribution in [0.15, 0.2) is 24.3 Å². The van der Waals surface area contributed by atoms with Crippen molar-refractivity contribution >= 4 is 25.2 Å². The molecule has 1 heterocycles. The van der Waals surface area contributed by atoms with Crippen molar-refractivity contribution in [2.24, 2.45) is 0 Å². The van der Waals surface area contributed by atoms with E-state index in [-0.39, 0.29) is 20.9 Å². The van der Waals surface area contributed by atoms with Crippen molar-refractivity contribution in [3.8, 4) is 0 Å². The number of halogens is 7. The quantitative estimate of drug-likeness (QED) is 0.213. The molecule has 0 saturated carbocycles. The molecule has 2 aromatic carbocycles. The van der Waals surface area contributed by atoms with Crippen molar-refractivity contribution in [3.63, 3.8) is 0 Å². The summed E-state index contributed by atoms with van der Waals surface area (Å²) in [6.07, 6.45) is -6.47. The lowest BCUT2D eigenvalue weighted by Crippen LogP contribution is -2.53. The molecule has 0 amide bonds. The van der Waals surface area contributed by atoms with Gasteiger partial charge in [0, 0.05) is 23.1 Å². The minimum absolute atomic E-state index is 0.0892. The molecule has 0 aromatic heterocycles. The topological polar surface area (TPSA) is 0 Å². The highest BCUT2D eigenvalue weighted by Crippen LogP contribution is 2.76. The molecule has 0 bridgehead atoms. The monoisotopic (exact) mass is 802 g/mol. The van der Waals surface area contributed by atoms with Crippen LogP contribution >= 0.6 is 15.1 Å². The Labute approximate surface area is 324 Å². The highest BCUT2D eigenvalue weighted by molar-refractivity contribution is 8.16. The van der Waals surface area contributed by atoms with Gasteiger partial charge in [-0.2, -0.15) is 30.7 Å². The summed E-state index contributed by atoms with van der Waals surface area (Å²) in [4.78, 5) is 0. The second-order valence-corrected chi connectivity index (χ2v) is 28.2. The summed E-state index contributed by atoms with van der Waals surface area (Å²) in [5.41, 5.74) is -3.26. The number of hydrogen-bond acceptors (Lipinski definition) is 0. The molecule has 3 rings (SSSR count). The fourth-order valence-electron chi connectivity index (χ4n) is 7.01. The van der Waals surface area contributed by atoms with Gasteiger partial charge in [-0.15, -0.1) is 7.17 Å². The van der Waals surface area contributed by atoms with Gasteiger partial charge < -0.3 is 0 Å². The van der Waals surface area contributed by atoms with Crippen LogP contribution < -0.4 is 0 Å². The zero-order valence-corrected chi connectivity index (χ0v) is 38.6. The molecule has 0 N–H and O–H groups in total. The lowest BCUT2D eigenvalue weighted by Gasteiger charge is -2.48. The van der Waals surface area contributed by atoms with Gasteiger partial charge in [-0.3, -0.25) is 0 Å². The SMILES string of the molecule is CC(C)(C)c1cc(C(C)(C)C)c(C2=P(C(C)(C)C)=C(c3c(C(C)(C)C)cc(C(C)(C)C)cc3C(C)(C)C)P2C(F)(F)C(F)(F)C(F)(F)F)c(C(C)(C)C)c1. The van der Waals surface area contributed by atoms with Crippen LogP contribution in [-0.4, -0.2) is 33.0 Å². The minimum Gasteiger partial charge on any atom is -0.194 e. The molecule has 9 heteroatoms. The fraction of sp³-hybridized carbons (Fsp3) is 0.689. The fourth-order valence-corrected chi connectivity index (χ4v) is 16.1. The third-order valence-corrected chi connectivity index (χ3v) is 17.4. The highest BCUT2D eigenvalue weighted by atomic mass is 31.2. The summed E-state index contributed by atoms with van der Waals surface area (Å²) >= 11 is 0. The maximum Gasteiger partial charge on any atom is 0.460 e. The Balaban J connectivity index is 3.02. The van der Waals surface area contributed by atoms with Crippen LogP contribution in [0.1, 0.15) is 190 Å². The van der Waals surface area contributed by atoms with Gasteiger partial charge in [-0.05, 0) is 77.0 Å².